The molecular formula is C55H45KN8. The van der Waals surface area contributed by atoms with Crippen molar-refractivity contribution < 1.29 is 51.4 Å². The van der Waals surface area contributed by atoms with Gasteiger partial charge < -0.3 is 39.5 Å². The van der Waals surface area contributed by atoms with Gasteiger partial charge in [-0.3, -0.25) is 0 Å². The molecule has 0 amide bonds. The van der Waals surface area contributed by atoms with Crippen LogP contribution in [0.5, 0.6) is 0 Å². The molecule has 0 aliphatic carbocycles. The molecule has 4 heterocycles. The Morgan fingerprint density at radius 2 is 0.953 bits per heavy atom. The number of nitrogens with two attached hydrogens (primary N) is 1. The van der Waals surface area contributed by atoms with Gasteiger partial charge in [-0.25, -0.2) is 0 Å². The summed E-state index contributed by atoms with van der Waals surface area (Å²) in [5.74, 6) is 0.777. The summed E-state index contributed by atoms with van der Waals surface area (Å²) in [4.78, 5) is 2.23. The van der Waals surface area contributed by atoms with E-state index in [1.807, 2.05) is 14.1 Å². The van der Waals surface area contributed by atoms with Gasteiger partial charge in [-0.05, 0) is 66.5 Å². The molecule has 0 radical (unpaired) electrons. The molecule has 0 spiro atoms. The summed E-state index contributed by atoms with van der Waals surface area (Å²) in [5, 5.41) is 18.1. The van der Waals surface area contributed by atoms with Crippen molar-refractivity contribution in [2.45, 2.75) is 12.8 Å². The molecule has 4 aromatic heterocycles. The van der Waals surface area contributed by atoms with Crippen molar-refractivity contribution in [3.8, 4) is 11.4 Å². The zero-order chi connectivity index (χ0) is 42.3. The zero-order valence-electron chi connectivity index (χ0n) is 36.4. The van der Waals surface area contributed by atoms with Crippen LogP contribution in [0.1, 0.15) is 6.17 Å². The normalized spacial score (nSPS) is 12.8. The van der Waals surface area contributed by atoms with Crippen LogP contribution in [0.3, 0.4) is 0 Å². The number of para-hydroxylation sites is 6. The third-order valence-electron chi connectivity index (χ3n) is 13.1. The van der Waals surface area contributed by atoms with Crippen molar-refractivity contribution >= 4 is 87.2 Å². The fourth-order valence-corrected chi connectivity index (χ4v) is 10.6. The van der Waals surface area contributed by atoms with E-state index in [2.05, 4.69) is 218 Å². The Hall–Kier alpha value is -6.30. The minimum absolute atomic E-state index is 0. The number of rotatable bonds is 9. The van der Waals surface area contributed by atoms with E-state index in [0.717, 1.165) is 61.2 Å². The Labute approximate surface area is 413 Å². The molecule has 64 heavy (non-hydrogen) atoms. The van der Waals surface area contributed by atoms with Crippen LogP contribution < -0.4 is 62.4 Å². The quantitative estimate of drug-likeness (QED) is 0.142. The molecule has 306 valence electrons. The largest absolute Gasteiger partial charge is 1.00 e. The summed E-state index contributed by atoms with van der Waals surface area (Å²) in [6.45, 7) is 0.528. The number of hydrogen-bond acceptors (Lipinski definition) is 3. The van der Waals surface area contributed by atoms with E-state index >= 15 is 0 Å². The fraction of sp³-hybridized carbons (Fsp3) is 0.0909. The van der Waals surface area contributed by atoms with Crippen molar-refractivity contribution in [1.82, 2.24) is 28.5 Å². The molecule has 9 heteroatoms. The number of fused-ring (bicyclic) bond motifs is 14. The standard InChI is InChI=1S/C55H45N8.K/c1-57-51(54(56)63-44-27-15-11-23-38(44)40-31-33-48-50(53(40)63)42-25-13-17-29-46(42)62(48)36-20-8-5-9-21-36)55(58-2)59(3)34-60-43-26-14-10-22-37(43)39-30-32-47-49(52(39)60)41-24-12-16-28-45(41)61(47)35-18-6-4-7-19-35;/h4-33,54,57H,34,56H2,1-3H3;/q-1;+1/b55-51-;. The number of nitrogens with zero attached hydrogens (tertiary/aromatic N) is 6. The van der Waals surface area contributed by atoms with E-state index in [0.29, 0.717) is 6.67 Å². The summed E-state index contributed by atoms with van der Waals surface area (Å²) in [6.07, 6.45) is -0.614. The predicted molar refractivity (Wildman–Crippen MR) is 264 cm³/mol. The van der Waals surface area contributed by atoms with Crippen LogP contribution in [-0.4, -0.2) is 44.3 Å². The maximum Gasteiger partial charge on any atom is 1.00 e. The first-order valence-corrected chi connectivity index (χ1v) is 21.5. The Morgan fingerprint density at radius 1 is 0.516 bits per heavy atom. The molecule has 0 saturated carbocycles. The van der Waals surface area contributed by atoms with Crippen LogP contribution in [0, 0.1) is 0 Å². The van der Waals surface area contributed by atoms with Crippen molar-refractivity contribution in [2.24, 2.45) is 5.73 Å². The smallest absolute Gasteiger partial charge is 0.468 e. The molecular weight excluding hydrogens is 812 g/mol. The first-order chi connectivity index (χ1) is 31.1. The van der Waals surface area contributed by atoms with Crippen LogP contribution >= 0.6 is 0 Å². The van der Waals surface area contributed by atoms with Gasteiger partial charge in [0.2, 0.25) is 0 Å². The Balaban J connectivity index is 0.00000456. The van der Waals surface area contributed by atoms with E-state index in [9.17, 15) is 0 Å². The molecule has 0 fully saturated rings. The van der Waals surface area contributed by atoms with Gasteiger partial charge in [0.25, 0.3) is 0 Å². The van der Waals surface area contributed by atoms with E-state index in [1.165, 1.54) is 48.9 Å². The minimum Gasteiger partial charge on any atom is -0.468 e. The average Bonchev–Trinajstić information content (AvgIpc) is 4.06. The number of benzene rings is 8. The van der Waals surface area contributed by atoms with Crippen LogP contribution in [0.2, 0.25) is 0 Å². The van der Waals surface area contributed by atoms with Crippen molar-refractivity contribution in [1.29, 1.82) is 0 Å². The van der Waals surface area contributed by atoms with E-state index in [-0.39, 0.29) is 51.4 Å². The van der Waals surface area contributed by atoms with E-state index in [1.54, 1.807) is 0 Å². The van der Waals surface area contributed by atoms with Crippen molar-refractivity contribution in [3.63, 3.8) is 0 Å². The number of nitrogens with one attached hydrogen (secondary N) is 1. The van der Waals surface area contributed by atoms with Crippen molar-refractivity contribution in [3.05, 3.63) is 199 Å². The van der Waals surface area contributed by atoms with Crippen molar-refractivity contribution in [2.75, 3.05) is 21.1 Å². The Morgan fingerprint density at radius 3 is 1.48 bits per heavy atom. The second-order valence-electron chi connectivity index (χ2n) is 16.4. The van der Waals surface area contributed by atoms with Gasteiger partial charge in [0.1, 0.15) is 6.17 Å². The molecule has 8 nitrogen and oxygen atoms in total. The second-order valence-corrected chi connectivity index (χ2v) is 16.4. The van der Waals surface area contributed by atoms with Gasteiger partial charge in [-0.1, -0.05) is 135 Å². The van der Waals surface area contributed by atoms with Gasteiger partial charge in [0.15, 0.2) is 0 Å². The molecule has 3 N–H and O–H groups in total. The Kier molecular flexibility index (Phi) is 10.1. The minimum atomic E-state index is -0.614. The second kappa shape index (κ2) is 16.0. The predicted octanol–water partition coefficient (Wildman–Crippen LogP) is 9.54. The third kappa shape index (κ3) is 5.93. The molecule has 0 bridgehead atoms. The van der Waals surface area contributed by atoms with Crippen LogP contribution in [-0.2, 0) is 6.67 Å². The van der Waals surface area contributed by atoms with Gasteiger partial charge in [0.05, 0.1) is 38.6 Å². The number of hydrogen-bond donors (Lipinski definition) is 2. The molecule has 0 saturated heterocycles. The molecule has 12 aromatic rings. The third-order valence-corrected chi connectivity index (χ3v) is 13.1. The monoisotopic (exact) mass is 856 g/mol. The Bertz CT molecular complexity index is 3780. The van der Waals surface area contributed by atoms with Gasteiger partial charge in [-0.15, -0.1) is 0 Å². The summed E-state index contributed by atoms with van der Waals surface area (Å²) in [6, 6.07) is 65.2. The molecule has 1 atom stereocenters. The van der Waals surface area contributed by atoms with Gasteiger partial charge in [0, 0.05) is 79.4 Å². The molecule has 0 aliphatic heterocycles. The summed E-state index contributed by atoms with van der Waals surface area (Å²) in [5.41, 5.74) is 19.9. The first kappa shape index (κ1) is 40.5. The number of aromatic nitrogens is 4. The zero-order valence-corrected chi connectivity index (χ0v) is 39.5. The van der Waals surface area contributed by atoms with Crippen LogP contribution in [0.15, 0.2) is 194 Å². The van der Waals surface area contributed by atoms with E-state index < -0.39 is 6.17 Å². The van der Waals surface area contributed by atoms with Crippen LogP contribution in [0.25, 0.3) is 104 Å². The summed E-state index contributed by atoms with van der Waals surface area (Å²) >= 11 is 0. The van der Waals surface area contributed by atoms with Gasteiger partial charge in [-0.2, -0.15) is 0 Å². The first-order valence-electron chi connectivity index (χ1n) is 21.5. The molecule has 8 aromatic carbocycles. The molecule has 0 aliphatic rings. The van der Waals surface area contributed by atoms with Crippen LogP contribution in [0.4, 0.5) is 0 Å². The SMILES string of the molecule is C[N-]/C(=C(/NC)C(N)n1c2ccccc2c2ccc3c(c4ccccc4n3-c3ccccc3)c21)N(C)Cn1c2ccccc2c2ccc3c(c4ccccc4n3-c3ccccc3)c21.[K+]. The van der Waals surface area contributed by atoms with E-state index in [4.69, 9.17) is 11.1 Å². The molecule has 12 rings (SSSR count). The maximum absolute atomic E-state index is 7.68. The average molecular weight is 857 g/mol. The number of likely N-dealkylation sites (N-methyl/N-ethyl adjacent to an activating group) is 1. The topological polar surface area (TPSA) is 75.1 Å². The summed E-state index contributed by atoms with van der Waals surface area (Å²) in [7, 11) is 5.95. The fourth-order valence-electron chi connectivity index (χ4n) is 10.6. The van der Waals surface area contributed by atoms with Gasteiger partial charge >= 0.3 is 51.4 Å². The molecule has 1 unspecified atom stereocenters. The maximum atomic E-state index is 7.68. The summed E-state index contributed by atoms with van der Waals surface area (Å²) < 4.78 is 9.54.